The summed E-state index contributed by atoms with van der Waals surface area (Å²) < 4.78 is 6.36. The van der Waals surface area contributed by atoms with Gasteiger partial charge in [-0.1, -0.05) is 23.7 Å². The molecule has 0 atom stereocenters. The number of nitrogens with one attached hydrogen (secondary N) is 1. The molecule has 6 heteroatoms. The van der Waals surface area contributed by atoms with Crippen LogP contribution in [0.15, 0.2) is 48.7 Å². The molecule has 2 heterocycles. The molecular formula is C22H25ClN4O. The Bertz CT molecular complexity index is 937. The summed E-state index contributed by atoms with van der Waals surface area (Å²) in [6.07, 6.45) is 4.13. The predicted molar refractivity (Wildman–Crippen MR) is 115 cm³/mol. The molecule has 0 amide bonds. The van der Waals surface area contributed by atoms with E-state index in [0.717, 1.165) is 48.3 Å². The van der Waals surface area contributed by atoms with Crippen molar-refractivity contribution in [1.29, 1.82) is 0 Å². The van der Waals surface area contributed by atoms with Crippen molar-refractivity contribution < 1.29 is 4.74 Å². The standard InChI is InChI=1S/C22H25ClN4O/c1-15(2)27-12-10-19(11-13-27)28-20-5-3-4-16-14-24-22(26-21(16)20)25-18-8-6-17(23)7-9-18/h3-9,14-15,19H,10-13H2,1-2H3,(H,24,25,26). The van der Waals surface area contributed by atoms with Crippen LogP contribution in [0.4, 0.5) is 11.6 Å². The maximum atomic E-state index is 6.36. The molecule has 0 bridgehead atoms. The molecule has 2 aromatic carbocycles. The molecule has 1 fully saturated rings. The lowest BCUT2D eigenvalue weighted by atomic mass is 10.1. The van der Waals surface area contributed by atoms with E-state index in [1.165, 1.54) is 0 Å². The number of anilines is 2. The van der Waals surface area contributed by atoms with Crippen LogP contribution in [0.5, 0.6) is 5.75 Å². The lowest BCUT2D eigenvalue weighted by Crippen LogP contribution is -2.41. The maximum absolute atomic E-state index is 6.36. The van der Waals surface area contributed by atoms with Gasteiger partial charge < -0.3 is 15.0 Å². The molecule has 0 spiro atoms. The van der Waals surface area contributed by atoms with Crippen molar-refractivity contribution in [2.45, 2.75) is 38.8 Å². The summed E-state index contributed by atoms with van der Waals surface area (Å²) in [5.74, 6) is 1.36. The molecule has 3 aromatic rings. The number of hydrogen-bond donors (Lipinski definition) is 1. The summed E-state index contributed by atoms with van der Waals surface area (Å²) in [6, 6.07) is 14.1. The SMILES string of the molecule is CC(C)N1CCC(Oc2cccc3cnc(Nc4ccc(Cl)cc4)nc23)CC1. The number of para-hydroxylation sites is 1. The quantitative estimate of drug-likeness (QED) is 0.635. The second kappa shape index (κ2) is 8.33. The Balaban J connectivity index is 1.53. The largest absolute Gasteiger partial charge is 0.488 e. The van der Waals surface area contributed by atoms with Crippen LogP contribution in [0.3, 0.4) is 0 Å². The molecule has 4 rings (SSSR count). The van der Waals surface area contributed by atoms with Crippen molar-refractivity contribution in [3.63, 3.8) is 0 Å². The van der Waals surface area contributed by atoms with E-state index < -0.39 is 0 Å². The molecule has 0 saturated carbocycles. The lowest BCUT2D eigenvalue weighted by Gasteiger charge is -2.34. The lowest BCUT2D eigenvalue weighted by molar-refractivity contribution is 0.0852. The van der Waals surface area contributed by atoms with Crippen LogP contribution in [0.25, 0.3) is 10.9 Å². The van der Waals surface area contributed by atoms with E-state index in [1.807, 2.05) is 48.7 Å². The van der Waals surface area contributed by atoms with E-state index in [-0.39, 0.29) is 6.10 Å². The van der Waals surface area contributed by atoms with Crippen molar-refractivity contribution >= 4 is 34.1 Å². The number of hydrogen-bond acceptors (Lipinski definition) is 5. The second-order valence-electron chi connectivity index (χ2n) is 7.47. The first-order chi connectivity index (χ1) is 13.6. The van der Waals surface area contributed by atoms with Gasteiger partial charge in [0.25, 0.3) is 0 Å². The van der Waals surface area contributed by atoms with E-state index in [0.29, 0.717) is 17.0 Å². The first-order valence-corrected chi connectivity index (χ1v) is 10.2. The third-order valence-corrected chi connectivity index (χ3v) is 5.43. The Labute approximate surface area is 170 Å². The zero-order valence-corrected chi connectivity index (χ0v) is 17.0. The third-order valence-electron chi connectivity index (χ3n) is 5.17. The molecule has 5 nitrogen and oxygen atoms in total. The van der Waals surface area contributed by atoms with E-state index in [4.69, 9.17) is 21.3 Å². The van der Waals surface area contributed by atoms with Gasteiger partial charge in [0.15, 0.2) is 0 Å². The van der Waals surface area contributed by atoms with Crippen molar-refractivity contribution in [1.82, 2.24) is 14.9 Å². The fourth-order valence-corrected chi connectivity index (χ4v) is 3.66. The van der Waals surface area contributed by atoms with E-state index in [9.17, 15) is 0 Å². The van der Waals surface area contributed by atoms with Crippen molar-refractivity contribution in [3.8, 4) is 5.75 Å². The molecule has 1 saturated heterocycles. The molecule has 146 valence electrons. The van der Waals surface area contributed by atoms with Gasteiger partial charge in [-0.3, -0.25) is 0 Å². The third kappa shape index (κ3) is 4.37. The van der Waals surface area contributed by atoms with Crippen LogP contribution in [-0.2, 0) is 0 Å². The molecular weight excluding hydrogens is 372 g/mol. The average Bonchev–Trinajstić information content (AvgIpc) is 2.70. The minimum absolute atomic E-state index is 0.225. The van der Waals surface area contributed by atoms with Crippen LogP contribution < -0.4 is 10.1 Å². The van der Waals surface area contributed by atoms with Crippen molar-refractivity contribution in [3.05, 3.63) is 53.7 Å². The van der Waals surface area contributed by atoms with Gasteiger partial charge in [-0.25, -0.2) is 9.97 Å². The zero-order chi connectivity index (χ0) is 19.5. The fourth-order valence-electron chi connectivity index (χ4n) is 3.54. The zero-order valence-electron chi connectivity index (χ0n) is 16.2. The highest BCUT2D eigenvalue weighted by Gasteiger charge is 2.22. The molecule has 28 heavy (non-hydrogen) atoms. The number of likely N-dealkylation sites (tertiary alicyclic amines) is 1. The molecule has 0 aliphatic carbocycles. The molecule has 1 aliphatic rings. The average molecular weight is 397 g/mol. The monoisotopic (exact) mass is 396 g/mol. The van der Waals surface area contributed by atoms with Gasteiger partial charge in [-0.2, -0.15) is 0 Å². The number of nitrogens with zero attached hydrogens (tertiary/aromatic N) is 3. The highest BCUT2D eigenvalue weighted by atomic mass is 35.5. The fraction of sp³-hybridized carbons (Fsp3) is 0.364. The van der Waals surface area contributed by atoms with Crippen LogP contribution in [0.2, 0.25) is 5.02 Å². The smallest absolute Gasteiger partial charge is 0.227 e. The summed E-state index contributed by atoms with van der Waals surface area (Å²) in [6.45, 7) is 6.65. The van der Waals surface area contributed by atoms with Crippen molar-refractivity contribution in [2.24, 2.45) is 0 Å². The van der Waals surface area contributed by atoms with Crippen LogP contribution in [-0.4, -0.2) is 40.1 Å². The van der Waals surface area contributed by atoms with E-state index in [2.05, 4.69) is 29.0 Å². The molecule has 1 aliphatic heterocycles. The van der Waals surface area contributed by atoms with Gasteiger partial charge in [0, 0.05) is 41.4 Å². The Morgan fingerprint density at radius 2 is 1.86 bits per heavy atom. The van der Waals surface area contributed by atoms with Gasteiger partial charge in [-0.05, 0) is 57.0 Å². The Morgan fingerprint density at radius 1 is 1.11 bits per heavy atom. The molecule has 1 N–H and O–H groups in total. The second-order valence-corrected chi connectivity index (χ2v) is 7.90. The maximum Gasteiger partial charge on any atom is 0.227 e. The van der Waals surface area contributed by atoms with Gasteiger partial charge in [0.1, 0.15) is 17.4 Å². The first kappa shape index (κ1) is 19.0. The predicted octanol–water partition coefficient (Wildman–Crippen LogP) is 5.28. The van der Waals surface area contributed by atoms with Crippen LogP contribution in [0, 0.1) is 0 Å². The highest BCUT2D eigenvalue weighted by Crippen LogP contribution is 2.28. The Hall–Kier alpha value is -2.37. The van der Waals surface area contributed by atoms with Crippen LogP contribution in [0.1, 0.15) is 26.7 Å². The Morgan fingerprint density at radius 3 is 2.57 bits per heavy atom. The van der Waals surface area contributed by atoms with Gasteiger partial charge in [0.05, 0.1) is 0 Å². The number of fused-ring (bicyclic) bond motifs is 1. The molecule has 0 unspecified atom stereocenters. The van der Waals surface area contributed by atoms with Gasteiger partial charge >= 0.3 is 0 Å². The van der Waals surface area contributed by atoms with E-state index >= 15 is 0 Å². The van der Waals surface area contributed by atoms with Crippen LogP contribution >= 0.6 is 11.6 Å². The van der Waals surface area contributed by atoms with E-state index in [1.54, 1.807) is 0 Å². The van der Waals surface area contributed by atoms with Gasteiger partial charge in [-0.15, -0.1) is 0 Å². The number of halogens is 1. The topological polar surface area (TPSA) is 50.3 Å². The minimum Gasteiger partial charge on any atom is -0.488 e. The summed E-state index contributed by atoms with van der Waals surface area (Å²) in [7, 11) is 0. The summed E-state index contributed by atoms with van der Waals surface area (Å²) in [5, 5.41) is 4.90. The normalized spacial score (nSPS) is 15.9. The van der Waals surface area contributed by atoms with Crippen molar-refractivity contribution in [2.75, 3.05) is 18.4 Å². The molecule has 0 radical (unpaired) electrons. The number of ether oxygens (including phenoxy) is 1. The number of aromatic nitrogens is 2. The summed E-state index contributed by atoms with van der Waals surface area (Å²) in [5.41, 5.74) is 1.73. The number of piperidine rings is 1. The Kier molecular flexibility index (Phi) is 5.64. The van der Waals surface area contributed by atoms with Gasteiger partial charge in [0.2, 0.25) is 5.95 Å². The summed E-state index contributed by atoms with van der Waals surface area (Å²) in [4.78, 5) is 11.6. The molecule has 1 aromatic heterocycles. The summed E-state index contributed by atoms with van der Waals surface area (Å²) >= 11 is 5.95. The highest BCUT2D eigenvalue weighted by molar-refractivity contribution is 6.30. The first-order valence-electron chi connectivity index (χ1n) is 9.77. The number of benzene rings is 2. The number of rotatable bonds is 5. The minimum atomic E-state index is 0.225.